The lowest BCUT2D eigenvalue weighted by atomic mass is 10.0. The number of carboxylic acids is 1. The quantitative estimate of drug-likeness (QED) is 0.870. The van der Waals surface area contributed by atoms with Gasteiger partial charge in [0.2, 0.25) is 0 Å². The Morgan fingerprint density at radius 3 is 2.56 bits per heavy atom. The summed E-state index contributed by atoms with van der Waals surface area (Å²) in [6.07, 6.45) is 2.70. The third kappa shape index (κ3) is 4.32. The summed E-state index contributed by atoms with van der Waals surface area (Å²) >= 11 is 0. The number of hydrogen-bond donors (Lipinski definition) is 1. The van der Waals surface area contributed by atoms with Crippen LogP contribution in [0.2, 0.25) is 0 Å². The molecular weight excluding hydrogens is 346 g/mol. The number of carbonyl (C=O) groups is 2. The number of piperidine rings is 1. The van der Waals surface area contributed by atoms with E-state index in [0.29, 0.717) is 24.2 Å². The fourth-order valence-corrected chi connectivity index (χ4v) is 3.40. The van der Waals surface area contributed by atoms with Gasteiger partial charge in [-0.25, -0.2) is 0 Å². The number of hydrogen-bond acceptors (Lipinski definition) is 4. The number of carbonyl (C=O) groups excluding carboxylic acids is 1. The second kappa shape index (κ2) is 7.86. The first-order chi connectivity index (χ1) is 12.8. The van der Waals surface area contributed by atoms with Gasteiger partial charge in [0.05, 0.1) is 11.8 Å². The lowest BCUT2D eigenvalue weighted by Crippen LogP contribution is -2.42. The second-order valence-corrected chi connectivity index (χ2v) is 7.17. The SMILES string of the molecule is Cc1ccc(C)c(OC2CCN(C(=O)c3c(C)coc3CC(=O)O)CC2)c1. The average molecular weight is 371 g/mol. The van der Waals surface area contributed by atoms with Gasteiger partial charge in [0.15, 0.2) is 0 Å². The Morgan fingerprint density at radius 2 is 1.89 bits per heavy atom. The second-order valence-electron chi connectivity index (χ2n) is 7.17. The van der Waals surface area contributed by atoms with Crippen LogP contribution in [-0.4, -0.2) is 41.1 Å². The number of ether oxygens (including phenoxy) is 1. The van der Waals surface area contributed by atoms with Crippen molar-refractivity contribution in [2.75, 3.05) is 13.1 Å². The largest absolute Gasteiger partial charge is 0.490 e. The fraction of sp³-hybridized carbons (Fsp3) is 0.429. The molecule has 0 atom stereocenters. The zero-order chi connectivity index (χ0) is 19.6. The summed E-state index contributed by atoms with van der Waals surface area (Å²) < 4.78 is 11.4. The molecule has 1 aliphatic heterocycles. The van der Waals surface area contributed by atoms with Gasteiger partial charge in [-0.2, -0.15) is 0 Å². The predicted octanol–water partition coefficient (Wildman–Crippen LogP) is 3.52. The van der Waals surface area contributed by atoms with Crippen molar-refractivity contribution in [1.29, 1.82) is 0 Å². The van der Waals surface area contributed by atoms with Gasteiger partial charge in [-0.1, -0.05) is 12.1 Å². The molecule has 2 heterocycles. The fourth-order valence-electron chi connectivity index (χ4n) is 3.40. The van der Waals surface area contributed by atoms with Gasteiger partial charge >= 0.3 is 5.97 Å². The molecule has 0 unspecified atom stereocenters. The molecule has 1 aromatic carbocycles. The molecule has 1 saturated heterocycles. The van der Waals surface area contributed by atoms with Crippen molar-refractivity contribution in [1.82, 2.24) is 4.90 Å². The van der Waals surface area contributed by atoms with Crippen molar-refractivity contribution in [3.05, 3.63) is 52.5 Å². The van der Waals surface area contributed by atoms with E-state index in [1.807, 2.05) is 19.9 Å². The van der Waals surface area contributed by atoms with Crippen molar-refractivity contribution in [3.63, 3.8) is 0 Å². The molecule has 1 aromatic heterocycles. The predicted molar refractivity (Wildman–Crippen MR) is 100 cm³/mol. The molecule has 0 radical (unpaired) electrons. The maximum Gasteiger partial charge on any atom is 0.311 e. The minimum absolute atomic E-state index is 0.0680. The van der Waals surface area contributed by atoms with Gasteiger partial charge in [0.25, 0.3) is 5.91 Å². The Bertz CT molecular complexity index is 846. The van der Waals surface area contributed by atoms with Crippen molar-refractivity contribution in [2.45, 2.75) is 46.1 Å². The van der Waals surface area contributed by atoms with E-state index in [2.05, 4.69) is 12.1 Å². The monoisotopic (exact) mass is 371 g/mol. The number of amides is 1. The molecule has 3 rings (SSSR count). The molecule has 0 saturated carbocycles. The Hall–Kier alpha value is -2.76. The average Bonchev–Trinajstić information content (AvgIpc) is 2.98. The van der Waals surface area contributed by atoms with Crippen LogP contribution in [0.15, 0.2) is 28.9 Å². The number of benzene rings is 1. The van der Waals surface area contributed by atoms with Crippen LogP contribution in [0.5, 0.6) is 5.75 Å². The smallest absolute Gasteiger partial charge is 0.311 e. The van der Waals surface area contributed by atoms with Crippen molar-refractivity contribution in [3.8, 4) is 5.75 Å². The highest BCUT2D eigenvalue weighted by molar-refractivity contribution is 5.97. The molecule has 6 heteroatoms. The number of carboxylic acid groups (broad SMARTS) is 1. The third-order valence-corrected chi connectivity index (χ3v) is 4.94. The maximum atomic E-state index is 12.9. The zero-order valence-corrected chi connectivity index (χ0v) is 15.9. The Labute approximate surface area is 158 Å². The van der Waals surface area contributed by atoms with Crippen LogP contribution in [0.3, 0.4) is 0 Å². The van der Waals surface area contributed by atoms with Gasteiger partial charge in [-0.3, -0.25) is 9.59 Å². The summed E-state index contributed by atoms with van der Waals surface area (Å²) in [4.78, 5) is 25.6. The molecule has 0 aliphatic carbocycles. The normalized spacial score (nSPS) is 15.0. The molecule has 6 nitrogen and oxygen atoms in total. The number of rotatable bonds is 5. The molecule has 2 aromatic rings. The van der Waals surface area contributed by atoms with E-state index in [1.54, 1.807) is 11.8 Å². The zero-order valence-electron chi connectivity index (χ0n) is 15.9. The van der Waals surface area contributed by atoms with Gasteiger partial charge in [-0.15, -0.1) is 0 Å². The first-order valence-corrected chi connectivity index (χ1v) is 9.17. The summed E-state index contributed by atoms with van der Waals surface area (Å²) in [5, 5.41) is 9.01. The summed E-state index contributed by atoms with van der Waals surface area (Å²) in [6.45, 7) is 6.98. The molecule has 0 spiro atoms. The van der Waals surface area contributed by atoms with E-state index in [4.69, 9.17) is 14.3 Å². The van der Waals surface area contributed by atoms with E-state index in [9.17, 15) is 9.59 Å². The van der Waals surface area contributed by atoms with Crippen LogP contribution < -0.4 is 4.74 Å². The number of furan rings is 1. The van der Waals surface area contributed by atoms with Gasteiger partial charge < -0.3 is 19.2 Å². The Morgan fingerprint density at radius 1 is 1.19 bits per heavy atom. The highest BCUT2D eigenvalue weighted by Gasteiger charge is 2.29. The lowest BCUT2D eigenvalue weighted by molar-refractivity contribution is -0.136. The molecular formula is C21H25NO5. The first-order valence-electron chi connectivity index (χ1n) is 9.17. The molecule has 1 N–H and O–H groups in total. The van der Waals surface area contributed by atoms with E-state index in [-0.39, 0.29) is 24.2 Å². The highest BCUT2D eigenvalue weighted by Crippen LogP contribution is 2.26. The van der Waals surface area contributed by atoms with Crippen molar-refractivity contribution in [2.24, 2.45) is 0 Å². The third-order valence-electron chi connectivity index (χ3n) is 4.94. The Kier molecular flexibility index (Phi) is 5.54. The van der Waals surface area contributed by atoms with Crippen LogP contribution in [-0.2, 0) is 11.2 Å². The minimum Gasteiger partial charge on any atom is -0.490 e. The number of likely N-dealkylation sites (tertiary alicyclic amines) is 1. The molecule has 27 heavy (non-hydrogen) atoms. The Balaban J connectivity index is 1.64. The van der Waals surface area contributed by atoms with E-state index in [1.165, 1.54) is 6.26 Å². The number of aryl methyl sites for hydroxylation is 3. The first kappa shape index (κ1) is 19.0. The molecule has 144 valence electrons. The van der Waals surface area contributed by atoms with E-state index >= 15 is 0 Å². The number of aliphatic carboxylic acids is 1. The van der Waals surface area contributed by atoms with Crippen LogP contribution in [0.1, 0.15) is 45.7 Å². The van der Waals surface area contributed by atoms with Crippen LogP contribution in [0, 0.1) is 20.8 Å². The molecule has 0 bridgehead atoms. The summed E-state index contributed by atoms with van der Waals surface area (Å²) in [7, 11) is 0. The van der Waals surface area contributed by atoms with Crippen LogP contribution >= 0.6 is 0 Å². The lowest BCUT2D eigenvalue weighted by Gasteiger charge is -2.32. The molecule has 1 amide bonds. The van der Waals surface area contributed by atoms with Crippen LogP contribution in [0.25, 0.3) is 0 Å². The topological polar surface area (TPSA) is 80.0 Å². The molecule has 1 aliphatic rings. The van der Waals surface area contributed by atoms with Gasteiger partial charge in [-0.05, 0) is 38.0 Å². The number of nitrogens with zero attached hydrogens (tertiary/aromatic N) is 1. The molecule has 1 fully saturated rings. The van der Waals surface area contributed by atoms with E-state index in [0.717, 1.165) is 29.7 Å². The highest BCUT2D eigenvalue weighted by atomic mass is 16.5. The van der Waals surface area contributed by atoms with Crippen molar-refractivity contribution < 1.29 is 23.8 Å². The summed E-state index contributed by atoms with van der Waals surface area (Å²) in [6, 6.07) is 6.15. The van der Waals surface area contributed by atoms with Crippen molar-refractivity contribution >= 4 is 11.9 Å². The summed E-state index contributed by atoms with van der Waals surface area (Å²) in [5.41, 5.74) is 3.31. The van der Waals surface area contributed by atoms with Gasteiger partial charge in [0, 0.05) is 31.5 Å². The standard InChI is InChI=1S/C21H25NO5/c1-13-4-5-14(2)17(10-13)27-16-6-8-22(9-7-16)21(25)20-15(3)12-26-18(20)11-19(23)24/h4-5,10,12,16H,6-9,11H2,1-3H3,(H,23,24). The van der Waals surface area contributed by atoms with Crippen LogP contribution in [0.4, 0.5) is 0 Å². The summed E-state index contributed by atoms with van der Waals surface area (Å²) in [5.74, 6) is -0.0605. The minimum atomic E-state index is -1.01. The maximum absolute atomic E-state index is 12.9. The van der Waals surface area contributed by atoms with E-state index < -0.39 is 5.97 Å². The van der Waals surface area contributed by atoms with Gasteiger partial charge in [0.1, 0.15) is 24.0 Å².